The number of rotatable bonds is 6. The minimum atomic E-state index is -3.00. The summed E-state index contributed by atoms with van der Waals surface area (Å²) >= 11 is 5.56. The van der Waals surface area contributed by atoms with Crippen LogP contribution in [0.5, 0.6) is 0 Å². The molecule has 1 aromatic rings. The van der Waals surface area contributed by atoms with Crippen molar-refractivity contribution in [2.24, 2.45) is 0 Å². The predicted molar refractivity (Wildman–Crippen MR) is 108 cm³/mol. The van der Waals surface area contributed by atoms with Crippen LogP contribution in [-0.4, -0.2) is 80.3 Å². The number of ether oxygens (including phenoxy) is 1. The van der Waals surface area contributed by atoms with E-state index in [2.05, 4.69) is 10.2 Å². The van der Waals surface area contributed by atoms with Crippen LogP contribution in [-0.2, 0) is 14.6 Å². The zero-order valence-corrected chi connectivity index (χ0v) is 16.9. The van der Waals surface area contributed by atoms with Crippen molar-refractivity contribution in [1.29, 1.82) is 0 Å². The molecule has 9 heteroatoms. The van der Waals surface area contributed by atoms with Gasteiger partial charge in [-0.25, -0.2) is 12.8 Å². The van der Waals surface area contributed by atoms with Crippen LogP contribution in [0, 0.1) is 5.82 Å². The predicted octanol–water partition coefficient (Wildman–Crippen LogP) is 1.73. The van der Waals surface area contributed by atoms with Crippen molar-refractivity contribution in [2.45, 2.75) is 18.9 Å². The first kappa shape index (κ1) is 20.4. The first-order valence-corrected chi connectivity index (χ1v) is 11.5. The average molecular weight is 416 g/mol. The molecule has 150 valence electrons. The topological polar surface area (TPSA) is 61.9 Å². The number of nitrogens with zero attached hydrogens (tertiary/aromatic N) is 2. The standard InChI is InChI=1S/C18H26FN3O3S2/c19-15-2-4-16(5-3-15)20-18(26)22(17-6-13-27(23,24)14-17)8-1-7-21-9-11-25-12-10-21/h2-5,17H,1,6-14H2,(H,20,26)/t17-/m1/s1. The molecule has 1 aromatic carbocycles. The van der Waals surface area contributed by atoms with Crippen LogP contribution in [0.1, 0.15) is 12.8 Å². The molecular formula is C18H26FN3O3S2. The van der Waals surface area contributed by atoms with E-state index in [1.165, 1.54) is 12.1 Å². The summed E-state index contributed by atoms with van der Waals surface area (Å²) in [5.74, 6) is 0.0303. The van der Waals surface area contributed by atoms with E-state index < -0.39 is 9.84 Å². The lowest BCUT2D eigenvalue weighted by molar-refractivity contribution is 0.0366. The molecule has 0 aromatic heterocycles. The molecule has 1 N–H and O–H groups in total. The van der Waals surface area contributed by atoms with Gasteiger partial charge in [0.1, 0.15) is 5.82 Å². The molecule has 1 atom stereocenters. The second-order valence-electron chi connectivity index (χ2n) is 6.99. The minimum absolute atomic E-state index is 0.111. The first-order valence-electron chi connectivity index (χ1n) is 9.27. The summed E-state index contributed by atoms with van der Waals surface area (Å²) in [7, 11) is -3.00. The van der Waals surface area contributed by atoms with Gasteiger partial charge in [0.2, 0.25) is 0 Å². The molecule has 6 nitrogen and oxygen atoms in total. The van der Waals surface area contributed by atoms with Crippen LogP contribution >= 0.6 is 12.2 Å². The van der Waals surface area contributed by atoms with E-state index in [0.29, 0.717) is 23.8 Å². The molecule has 0 radical (unpaired) electrons. The zero-order valence-electron chi connectivity index (χ0n) is 15.3. The summed E-state index contributed by atoms with van der Waals surface area (Å²) in [5, 5.41) is 3.62. The van der Waals surface area contributed by atoms with Gasteiger partial charge in [0.25, 0.3) is 0 Å². The number of halogens is 1. The van der Waals surface area contributed by atoms with Crippen LogP contribution < -0.4 is 5.32 Å². The van der Waals surface area contributed by atoms with Crippen molar-refractivity contribution >= 4 is 32.9 Å². The van der Waals surface area contributed by atoms with E-state index in [4.69, 9.17) is 17.0 Å². The second kappa shape index (κ2) is 9.27. The molecule has 3 rings (SSSR count). The number of anilines is 1. The van der Waals surface area contributed by atoms with Crippen molar-refractivity contribution in [3.05, 3.63) is 30.1 Å². The Bertz CT molecular complexity index is 737. The van der Waals surface area contributed by atoms with Gasteiger partial charge in [-0.05, 0) is 49.3 Å². The van der Waals surface area contributed by atoms with Crippen LogP contribution in [0.4, 0.5) is 10.1 Å². The lowest BCUT2D eigenvalue weighted by Gasteiger charge is -2.32. The number of morpholine rings is 1. The van der Waals surface area contributed by atoms with Gasteiger partial charge < -0.3 is 15.0 Å². The highest BCUT2D eigenvalue weighted by Gasteiger charge is 2.33. The minimum Gasteiger partial charge on any atom is -0.379 e. The Morgan fingerprint density at radius 2 is 2.00 bits per heavy atom. The van der Waals surface area contributed by atoms with E-state index in [1.807, 2.05) is 4.90 Å². The Balaban J connectivity index is 1.61. The molecule has 0 unspecified atom stereocenters. The maximum absolute atomic E-state index is 13.1. The van der Waals surface area contributed by atoms with Crippen LogP contribution in [0.3, 0.4) is 0 Å². The van der Waals surface area contributed by atoms with Gasteiger partial charge >= 0.3 is 0 Å². The number of hydrogen-bond acceptors (Lipinski definition) is 5. The van der Waals surface area contributed by atoms with Gasteiger partial charge in [0, 0.05) is 37.9 Å². The molecule has 0 amide bonds. The highest BCUT2D eigenvalue weighted by molar-refractivity contribution is 7.91. The Hall–Kier alpha value is -1.29. The smallest absolute Gasteiger partial charge is 0.173 e. The largest absolute Gasteiger partial charge is 0.379 e. The van der Waals surface area contributed by atoms with E-state index in [-0.39, 0.29) is 23.4 Å². The Morgan fingerprint density at radius 3 is 2.63 bits per heavy atom. The van der Waals surface area contributed by atoms with Crippen molar-refractivity contribution in [2.75, 3.05) is 56.2 Å². The molecule has 27 heavy (non-hydrogen) atoms. The van der Waals surface area contributed by atoms with E-state index >= 15 is 0 Å². The zero-order chi connectivity index (χ0) is 19.3. The van der Waals surface area contributed by atoms with Gasteiger partial charge in [0.15, 0.2) is 14.9 Å². The van der Waals surface area contributed by atoms with Crippen LogP contribution in [0.25, 0.3) is 0 Å². The molecule has 2 saturated heterocycles. The van der Waals surface area contributed by atoms with E-state index in [1.54, 1.807) is 12.1 Å². The van der Waals surface area contributed by atoms with Crippen LogP contribution in [0.2, 0.25) is 0 Å². The fourth-order valence-corrected chi connectivity index (χ4v) is 5.58. The Labute approximate surface area is 165 Å². The first-order chi connectivity index (χ1) is 12.9. The fourth-order valence-electron chi connectivity index (χ4n) is 3.49. The third-order valence-corrected chi connectivity index (χ3v) is 7.07. The molecule has 0 bridgehead atoms. The molecular weight excluding hydrogens is 389 g/mol. The number of thiocarbonyl (C=S) groups is 1. The maximum Gasteiger partial charge on any atom is 0.173 e. The molecule has 0 spiro atoms. The molecule has 0 saturated carbocycles. The number of nitrogens with one attached hydrogen (secondary N) is 1. The second-order valence-corrected chi connectivity index (χ2v) is 9.61. The Kier molecular flexibility index (Phi) is 7.02. The van der Waals surface area contributed by atoms with Crippen molar-refractivity contribution in [3.8, 4) is 0 Å². The summed E-state index contributed by atoms with van der Waals surface area (Å²) in [6, 6.07) is 5.87. The van der Waals surface area contributed by atoms with Crippen molar-refractivity contribution in [3.63, 3.8) is 0 Å². The number of benzene rings is 1. The summed E-state index contributed by atoms with van der Waals surface area (Å²) in [4.78, 5) is 4.34. The monoisotopic (exact) mass is 415 g/mol. The summed E-state index contributed by atoms with van der Waals surface area (Å²) in [6.45, 7) is 4.99. The van der Waals surface area contributed by atoms with Gasteiger partial charge in [-0.2, -0.15) is 0 Å². The number of hydrogen-bond donors (Lipinski definition) is 1. The van der Waals surface area contributed by atoms with Crippen LogP contribution in [0.15, 0.2) is 24.3 Å². The summed E-state index contributed by atoms with van der Waals surface area (Å²) in [6.07, 6.45) is 1.48. The molecule has 2 heterocycles. The van der Waals surface area contributed by atoms with Gasteiger partial charge in [-0.15, -0.1) is 0 Å². The van der Waals surface area contributed by atoms with E-state index in [9.17, 15) is 12.8 Å². The van der Waals surface area contributed by atoms with Gasteiger partial charge in [-0.1, -0.05) is 0 Å². The maximum atomic E-state index is 13.1. The van der Waals surface area contributed by atoms with E-state index in [0.717, 1.165) is 39.3 Å². The van der Waals surface area contributed by atoms with Crippen molar-refractivity contribution < 1.29 is 17.5 Å². The normalized spacial score (nSPS) is 22.5. The molecule has 2 aliphatic heterocycles. The lowest BCUT2D eigenvalue weighted by atomic mass is 10.2. The Morgan fingerprint density at radius 1 is 1.30 bits per heavy atom. The van der Waals surface area contributed by atoms with Gasteiger partial charge in [-0.3, -0.25) is 4.90 Å². The highest BCUT2D eigenvalue weighted by Crippen LogP contribution is 2.20. The highest BCUT2D eigenvalue weighted by atomic mass is 32.2. The molecule has 0 aliphatic carbocycles. The summed E-state index contributed by atoms with van der Waals surface area (Å²) in [5.41, 5.74) is 0.695. The quantitative estimate of drug-likeness (QED) is 0.710. The molecule has 2 aliphatic rings. The average Bonchev–Trinajstić information content (AvgIpc) is 3.01. The third-order valence-electron chi connectivity index (χ3n) is 4.98. The molecule has 2 fully saturated rings. The summed E-state index contributed by atoms with van der Waals surface area (Å²) < 4.78 is 42.3. The number of sulfone groups is 1. The fraction of sp³-hybridized carbons (Fsp3) is 0.611. The third kappa shape index (κ3) is 6.10. The van der Waals surface area contributed by atoms with Crippen molar-refractivity contribution in [1.82, 2.24) is 9.80 Å². The van der Waals surface area contributed by atoms with Gasteiger partial charge in [0.05, 0.1) is 24.7 Å². The SMILES string of the molecule is O=S1(=O)CC[C@@H](N(CCCN2CCOCC2)C(=S)Nc2ccc(F)cc2)C1. The lowest BCUT2D eigenvalue weighted by Crippen LogP contribution is -2.45.